The van der Waals surface area contributed by atoms with Crippen LogP contribution >= 0.6 is 11.3 Å². The van der Waals surface area contributed by atoms with Crippen LogP contribution in [0.3, 0.4) is 0 Å². The molecule has 8 nitrogen and oxygen atoms in total. The van der Waals surface area contributed by atoms with Gasteiger partial charge in [0.05, 0.1) is 10.5 Å². The molecule has 37 heavy (non-hydrogen) atoms. The number of nitrogens with zero attached hydrogens (tertiary/aromatic N) is 3. The largest absolute Gasteiger partial charge is 0.339 e. The number of rotatable bonds is 8. The van der Waals surface area contributed by atoms with Crippen molar-refractivity contribution in [2.45, 2.75) is 70.9 Å². The van der Waals surface area contributed by atoms with E-state index in [0.29, 0.717) is 48.3 Å². The van der Waals surface area contributed by atoms with Crippen molar-refractivity contribution in [1.82, 2.24) is 14.1 Å². The molecule has 0 spiro atoms. The van der Waals surface area contributed by atoms with Crippen LogP contribution in [0.5, 0.6) is 0 Å². The van der Waals surface area contributed by atoms with Crippen molar-refractivity contribution >= 4 is 38.2 Å². The molecule has 0 unspecified atom stereocenters. The van der Waals surface area contributed by atoms with E-state index in [1.807, 2.05) is 13.8 Å². The second-order valence-electron chi connectivity index (χ2n) is 9.94. The van der Waals surface area contributed by atoms with E-state index >= 15 is 0 Å². The maximum Gasteiger partial charge on any atom is 0.257 e. The number of piperidine rings is 1. The molecule has 1 aromatic carbocycles. The van der Waals surface area contributed by atoms with Crippen LogP contribution in [-0.2, 0) is 23.0 Å². The van der Waals surface area contributed by atoms with E-state index in [0.717, 1.165) is 49.2 Å². The van der Waals surface area contributed by atoms with Crippen LogP contribution in [0.25, 0.3) is 0 Å². The summed E-state index contributed by atoms with van der Waals surface area (Å²) in [7, 11) is -3.56. The van der Waals surface area contributed by atoms with Crippen LogP contribution in [0.4, 0.5) is 5.00 Å². The van der Waals surface area contributed by atoms with Crippen LogP contribution in [0, 0.1) is 0 Å². The first kappa shape index (κ1) is 27.8. The van der Waals surface area contributed by atoms with Crippen molar-refractivity contribution in [3.63, 3.8) is 0 Å². The van der Waals surface area contributed by atoms with Gasteiger partial charge in [0, 0.05) is 55.8 Å². The molecule has 10 heteroatoms. The predicted molar refractivity (Wildman–Crippen MR) is 148 cm³/mol. The topological polar surface area (TPSA) is 90.0 Å². The lowest BCUT2D eigenvalue weighted by molar-refractivity contribution is 0.0772. The number of fused-ring (bicyclic) bond motifs is 1. The summed E-state index contributed by atoms with van der Waals surface area (Å²) in [6.45, 7) is 12.1. The van der Waals surface area contributed by atoms with Gasteiger partial charge < -0.3 is 10.2 Å². The maximum atomic E-state index is 13.5. The van der Waals surface area contributed by atoms with E-state index in [4.69, 9.17) is 0 Å². The summed E-state index contributed by atoms with van der Waals surface area (Å²) in [4.78, 5) is 32.2. The summed E-state index contributed by atoms with van der Waals surface area (Å²) >= 11 is 1.48. The van der Waals surface area contributed by atoms with Gasteiger partial charge in [-0.25, -0.2) is 8.42 Å². The van der Waals surface area contributed by atoms with Gasteiger partial charge in [0.15, 0.2) is 0 Å². The molecule has 4 rings (SSSR count). The first-order chi connectivity index (χ1) is 17.7. The number of carbonyl (C=O) groups excluding carboxylic acids is 2. The lowest BCUT2D eigenvalue weighted by Crippen LogP contribution is -2.36. The quantitative estimate of drug-likeness (QED) is 0.529. The number of hydrogen-bond acceptors (Lipinski definition) is 6. The van der Waals surface area contributed by atoms with Gasteiger partial charge in [0.25, 0.3) is 11.8 Å². The van der Waals surface area contributed by atoms with Gasteiger partial charge in [-0.05, 0) is 76.8 Å². The van der Waals surface area contributed by atoms with Gasteiger partial charge in [-0.15, -0.1) is 11.3 Å². The van der Waals surface area contributed by atoms with Gasteiger partial charge in [0.2, 0.25) is 10.0 Å². The maximum absolute atomic E-state index is 13.5. The smallest absolute Gasteiger partial charge is 0.257 e. The summed E-state index contributed by atoms with van der Waals surface area (Å²) in [6, 6.07) is 6.50. The van der Waals surface area contributed by atoms with E-state index in [-0.39, 0.29) is 16.7 Å². The summed E-state index contributed by atoms with van der Waals surface area (Å²) in [5.74, 6) is -0.409. The molecule has 2 aliphatic rings. The van der Waals surface area contributed by atoms with Crippen molar-refractivity contribution in [1.29, 1.82) is 0 Å². The molecule has 2 amide bonds. The van der Waals surface area contributed by atoms with Crippen molar-refractivity contribution in [2.75, 3.05) is 38.0 Å². The van der Waals surface area contributed by atoms with E-state index in [1.54, 1.807) is 17.0 Å². The normalized spacial score (nSPS) is 17.0. The molecule has 1 N–H and O–H groups in total. The molecule has 0 bridgehead atoms. The van der Waals surface area contributed by atoms with E-state index in [9.17, 15) is 18.0 Å². The second-order valence-corrected chi connectivity index (χ2v) is 13.0. The fourth-order valence-electron chi connectivity index (χ4n) is 5.06. The first-order valence-corrected chi connectivity index (χ1v) is 15.5. The highest BCUT2D eigenvalue weighted by Gasteiger charge is 2.31. The average Bonchev–Trinajstić information content (AvgIpc) is 3.26. The second kappa shape index (κ2) is 11.6. The van der Waals surface area contributed by atoms with Crippen LogP contribution < -0.4 is 5.32 Å². The summed E-state index contributed by atoms with van der Waals surface area (Å²) < 4.78 is 27.5. The van der Waals surface area contributed by atoms with Gasteiger partial charge in [0.1, 0.15) is 5.00 Å². The minimum absolute atomic E-state index is 0.0567. The lowest BCUT2D eigenvalue weighted by atomic mass is 10.0. The Morgan fingerprint density at radius 3 is 2.27 bits per heavy atom. The average molecular weight is 547 g/mol. The number of thiophene rings is 1. The van der Waals surface area contributed by atoms with Crippen LogP contribution in [0.15, 0.2) is 29.2 Å². The molecule has 1 fully saturated rings. The van der Waals surface area contributed by atoms with E-state index in [1.165, 1.54) is 27.8 Å². The first-order valence-electron chi connectivity index (χ1n) is 13.3. The van der Waals surface area contributed by atoms with Crippen molar-refractivity contribution < 1.29 is 18.0 Å². The van der Waals surface area contributed by atoms with Gasteiger partial charge >= 0.3 is 0 Å². The van der Waals surface area contributed by atoms with Gasteiger partial charge in [-0.1, -0.05) is 6.42 Å². The standard InChI is InChI=1S/C27H38N4O4S2/c1-5-29(6-2)27(33)24-22-14-17-30(19(3)4)18-23(22)36-26(24)28-25(32)20-10-12-21(13-11-20)37(34,35)31-15-8-7-9-16-31/h10-13,19H,5-9,14-18H2,1-4H3,(H,28,32). The lowest BCUT2D eigenvalue weighted by Gasteiger charge is -2.30. The molecule has 0 aliphatic carbocycles. The number of nitrogens with one attached hydrogen (secondary N) is 1. The van der Waals surface area contributed by atoms with Crippen LogP contribution in [0.1, 0.15) is 78.1 Å². The van der Waals surface area contributed by atoms with Crippen LogP contribution in [-0.4, -0.2) is 73.1 Å². The number of sulfonamides is 1. The Morgan fingerprint density at radius 2 is 1.68 bits per heavy atom. The Bertz CT molecular complexity index is 1230. The highest BCUT2D eigenvalue weighted by molar-refractivity contribution is 7.89. The summed E-state index contributed by atoms with van der Waals surface area (Å²) in [5.41, 5.74) is 2.00. The molecule has 0 saturated carbocycles. The number of amides is 2. The zero-order valence-corrected chi connectivity index (χ0v) is 23.9. The van der Waals surface area contributed by atoms with Crippen molar-refractivity contribution in [3.8, 4) is 0 Å². The third-order valence-corrected chi connectivity index (χ3v) is 10.4. The zero-order chi connectivity index (χ0) is 26.7. The Kier molecular flexibility index (Phi) is 8.73. The molecule has 0 atom stereocenters. The molecule has 3 heterocycles. The van der Waals surface area contributed by atoms with Gasteiger partial charge in [-0.3, -0.25) is 14.5 Å². The van der Waals surface area contributed by atoms with Crippen molar-refractivity contribution in [2.24, 2.45) is 0 Å². The molecule has 2 aliphatic heterocycles. The highest BCUT2D eigenvalue weighted by atomic mass is 32.2. The summed E-state index contributed by atoms with van der Waals surface area (Å²) in [6.07, 6.45) is 3.55. The molecular weight excluding hydrogens is 508 g/mol. The third kappa shape index (κ3) is 5.77. The van der Waals surface area contributed by atoms with E-state index in [2.05, 4.69) is 24.1 Å². The zero-order valence-electron chi connectivity index (χ0n) is 22.2. The van der Waals surface area contributed by atoms with Crippen LogP contribution in [0.2, 0.25) is 0 Å². The molecule has 1 aromatic heterocycles. The molecule has 202 valence electrons. The number of benzene rings is 1. The number of anilines is 1. The third-order valence-electron chi connectivity index (χ3n) is 7.38. The van der Waals surface area contributed by atoms with Gasteiger partial charge in [-0.2, -0.15) is 4.31 Å². The molecular formula is C27H38N4O4S2. The number of hydrogen-bond donors (Lipinski definition) is 1. The summed E-state index contributed by atoms with van der Waals surface area (Å²) in [5, 5.41) is 3.56. The predicted octanol–water partition coefficient (Wildman–Crippen LogP) is 4.42. The number of carbonyl (C=O) groups is 2. The van der Waals surface area contributed by atoms with Crippen molar-refractivity contribution in [3.05, 3.63) is 45.8 Å². The Morgan fingerprint density at radius 1 is 1.03 bits per heavy atom. The molecule has 2 aromatic rings. The monoisotopic (exact) mass is 546 g/mol. The van der Waals surface area contributed by atoms with E-state index < -0.39 is 10.0 Å². The minimum Gasteiger partial charge on any atom is -0.339 e. The Balaban J connectivity index is 1.59. The highest BCUT2D eigenvalue weighted by Crippen LogP contribution is 2.38. The SMILES string of the molecule is CCN(CC)C(=O)c1c(NC(=O)c2ccc(S(=O)(=O)N3CCCCC3)cc2)sc2c1CCN(C(C)C)C2. The minimum atomic E-state index is -3.56. The fourth-order valence-corrected chi connectivity index (χ4v) is 7.83. The molecule has 1 saturated heterocycles. The molecule has 0 radical (unpaired) electrons. The Labute approximate surface area is 224 Å². The fraction of sp³-hybridized carbons (Fsp3) is 0.556. The Hall–Kier alpha value is -2.27.